The van der Waals surface area contributed by atoms with Gasteiger partial charge in [0.2, 0.25) is 0 Å². The molecule has 0 saturated heterocycles. The van der Waals surface area contributed by atoms with Crippen LogP contribution in [0.25, 0.3) is 0 Å². The van der Waals surface area contributed by atoms with Gasteiger partial charge >= 0.3 is 0 Å². The predicted molar refractivity (Wildman–Crippen MR) is 98.3 cm³/mol. The lowest BCUT2D eigenvalue weighted by atomic mass is 10.3. The van der Waals surface area contributed by atoms with Gasteiger partial charge in [-0.2, -0.15) is 0 Å². The van der Waals surface area contributed by atoms with E-state index in [2.05, 4.69) is 5.32 Å². The molecule has 0 unspecified atom stereocenters. The van der Waals surface area contributed by atoms with E-state index in [0.29, 0.717) is 18.0 Å². The molecule has 0 bridgehead atoms. The van der Waals surface area contributed by atoms with Crippen molar-refractivity contribution in [1.29, 1.82) is 0 Å². The molecule has 0 aliphatic carbocycles. The van der Waals surface area contributed by atoms with Crippen LogP contribution in [0.2, 0.25) is 5.02 Å². The number of amides is 1. The van der Waals surface area contributed by atoms with E-state index >= 15 is 0 Å². The van der Waals surface area contributed by atoms with Crippen molar-refractivity contribution in [2.75, 3.05) is 19.4 Å². The molecule has 0 spiro atoms. The predicted octanol–water partition coefficient (Wildman–Crippen LogP) is 4.02. The zero-order valence-corrected chi connectivity index (χ0v) is 15.2. The average molecular weight is 366 g/mol. The highest BCUT2D eigenvalue weighted by Gasteiger charge is 2.14. The van der Waals surface area contributed by atoms with Gasteiger partial charge in [-0.25, -0.2) is 0 Å². The Morgan fingerprint density at radius 1 is 1.21 bits per heavy atom. The lowest BCUT2D eigenvalue weighted by molar-refractivity contribution is -0.127. The van der Waals surface area contributed by atoms with E-state index in [9.17, 15) is 4.79 Å². The fourth-order valence-electron chi connectivity index (χ4n) is 1.95. The smallest absolute Gasteiger partial charge is 0.260 e. The van der Waals surface area contributed by atoms with Gasteiger partial charge < -0.3 is 14.8 Å². The second kappa shape index (κ2) is 9.45. The minimum atomic E-state index is -0.572. The van der Waals surface area contributed by atoms with Gasteiger partial charge in [-0.3, -0.25) is 4.79 Å². The van der Waals surface area contributed by atoms with E-state index < -0.39 is 6.10 Å². The number of hydrogen-bond acceptors (Lipinski definition) is 4. The number of carbonyl (C=O) groups is 1. The Bertz CT molecular complexity index is 664. The Kier molecular flexibility index (Phi) is 7.28. The third-order valence-electron chi connectivity index (χ3n) is 3.21. The summed E-state index contributed by atoms with van der Waals surface area (Å²) in [5, 5.41) is 3.59. The highest BCUT2D eigenvalue weighted by molar-refractivity contribution is 7.99. The van der Waals surface area contributed by atoms with Crippen LogP contribution < -0.4 is 14.8 Å². The first-order chi connectivity index (χ1) is 11.6. The minimum Gasteiger partial charge on any atom is -0.497 e. The van der Waals surface area contributed by atoms with Crippen molar-refractivity contribution in [3.8, 4) is 11.5 Å². The highest BCUT2D eigenvalue weighted by atomic mass is 35.5. The standard InChI is InChI=1S/C18H20ClNO3S/c1-13(23-16-5-3-4-15(12-16)22-2)18(21)20-10-11-24-17-8-6-14(19)7-9-17/h3-9,12-13H,10-11H2,1-2H3,(H,20,21)/t13-/m0/s1. The maximum Gasteiger partial charge on any atom is 0.260 e. The number of thioether (sulfide) groups is 1. The zero-order chi connectivity index (χ0) is 17.4. The van der Waals surface area contributed by atoms with Crippen molar-refractivity contribution in [3.63, 3.8) is 0 Å². The van der Waals surface area contributed by atoms with Gasteiger partial charge in [0.25, 0.3) is 5.91 Å². The molecule has 0 radical (unpaired) electrons. The van der Waals surface area contributed by atoms with Crippen molar-refractivity contribution in [2.45, 2.75) is 17.9 Å². The van der Waals surface area contributed by atoms with Crippen LogP contribution in [-0.2, 0) is 4.79 Å². The normalized spacial score (nSPS) is 11.6. The number of methoxy groups -OCH3 is 1. The van der Waals surface area contributed by atoms with Crippen LogP contribution in [0, 0.1) is 0 Å². The Balaban J connectivity index is 1.72. The monoisotopic (exact) mass is 365 g/mol. The van der Waals surface area contributed by atoms with E-state index in [1.807, 2.05) is 36.4 Å². The molecule has 2 aromatic rings. The lowest BCUT2D eigenvalue weighted by Crippen LogP contribution is -2.37. The van der Waals surface area contributed by atoms with E-state index in [1.165, 1.54) is 0 Å². The molecule has 0 heterocycles. The molecule has 0 saturated carbocycles. The van der Waals surface area contributed by atoms with Crippen molar-refractivity contribution >= 4 is 29.3 Å². The first-order valence-corrected chi connectivity index (χ1v) is 8.91. The summed E-state index contributed by atoms with van der Waals surface area (Å²) in [7, 11) is 1.59. The summed E-state index contributed by atoms with van der Waals surface area (Å²) in [6.45, 7) is 2.29. The van der Waals surface area contributed by atoms with Crippen molar-refractivity contribution in [1.82, 2.24) is 5.32 Å². The summed E-state index contributed by atoms with van der Waals surface area (Å²) in [6, 6.07) is 14.8. The summed E-state index contributed by atoms with van der Waals surface area (Å²) < 4.78 is 10.8. The third-order valence-corrected chi connectivity index (χ3v) is 4.47. The van der Waals surface area contributed by atoms with E-state index in [0.717, 1.165) is 15.7 Å². The largest absolute Gasteiger partial charge is 0.497 e. The number of ether oxygens (including phenoxy) is 2. The second-order valence-electron chi connectivity index (χ2n) is 5.03. The number of carbonyl (C=O) groups excluding carboxylic acids is 1. The fraction of sp³-hybridized carbons (Fsp3) is 0.278. The molecule has 128 valence electrons. The third kappa shape index (κ3) is 5.98. The molecule has 2 aromatic carbocycles. The Morgan fingerprint density at radius 3 is 2.62 bits per heavy atom. The molecule has 0 fully saturated rings. The lowest BCUT2D eigenvalue weighted by Gasteiger charge is -2.15. The maximum absolute atomic E-state index is 12.1. The number of halogens is 1. The molecular weight excluding hydrogens is 346 g/mol. The van der Waals surface area contributed by atoms with Crippen LogP contribution in [0.4, 0.5) is 0 Å². The van der Waals surface area contributed by atoms with Crippen LogP contribution in [0.5, 0.6) is 11.5 Å². The summed E-state index contributed by atoms with van der Waals surface area (Å²) in [4.78, 5) is 13.2. The molecule has 0 aliphatic heterocycles. The molecule has 2 rings (SSSR count). The topological polar surface area (TPSA) is 47.6 Å². The Hall–Kier alpha value is -1.85. The minimum absolute atomic E-state index is 0.144. The first-order valence-electron chi connectivity index (χ1n) is 7.55. The number of nitrogens with one attached hydrogen (secondary N) is 1. The summed E-state index contributed by atoms with van der Waals surface area (Å²) >= 11 is 7.51. The SMILES string of the molecule is COc1cccc(O[C@@H](C)C(=O)NCCSc2ccc(Cl)cc2)c1. The fourth-order valence-corrected chi connectivity index (χ4v) is 2.84. The molecule has 6 heteroatoms. The van der Waals surface area contributed by atoms with Gasteiger partial charge in [-0.1, -0.05) is 17.7 Å². The van der Waals surface area contributed by atoms with E-state index in [4.69, 9.17) is 21.1 Å². The first kappa shape index (κ1) is 18.5. The number of rotatable bonds is 8. The molecule has 1 atom stereocenters. The summed E-state index contributed by atoms with van der Waals surface area (Å²) in [6.07, 6.45) is -0.572. The van der Waals surface area contributed by atoms with Crippen LogP contribution in [0.15, 0.2) is 53.4 Å². The van der Waals surface area contributed by atoms with Gasteiger partial charge in [-0.15, -0.1) is 11.8 Å². The molecule has 24 heavy (non-hydrogen) atoms. The van der Waals surface area contributed by atoms with Crippen molar-refractivity contribution in [3.05, 3.63) is 53.6 Å². The van der Waals surface area contributed by atoms with E-state index in [-0.39, 0.29) is 5.91 Å². The van der Waals surface area contributed by atoms with Gasteiger partial charge in [0.15, 0.2) is 6.10 Å². The van der Waals surface area contributed by atoms with Crippen molar-refractivity contribution < 1.29 is 14.3 Å². The van der Waals surface area contributed by atoms with E-state index in [1.54, 1.807) is 37.9 Å². The summed E-state index contributed by atoms with van der Waals surface area (Å²) in [5.74, 6) is 1.93. The van der Waals surface area contributed by atoms with Crippen LogP contribution in [0.1, 0.15) is 6.92 Å². The zero-order valence-electron chi connectivity index (χ0n) is 13.6. The molecular formula is C18H20ClNO3S. The number of hydrogen-bond donors (Lipinski definition) is 1. The Morgan fingerprint density at radius 2 is 1.92 bits per heavy atom. The second-order valence-corrected chi connectivity index (χ2v) is 6.64. The molecule has 4 nitrogen and oxygen atoms in total. The maximum atomic E-state index is 12.1. The van der Waals surface area contributed by atoms with Crippen LogP contribution >= 0.6 is 23.4 Å². The molecule has 0 aromatic heterocycles. The molecule has 1 N–H and O–H groups in total. The van der Waals surface area contributed by atoms with Crippen molar-refractivity contribution in [2.24, 2.45) is 0 Å². The Labute approximate surface area is 151 Å². The van der Waals surface area contributed by atoms with Gasteiger partial charge in [0.05, 0.1) is 7.11 Å². The quantitative estimate of drug-likeness (QED) is 0.567. The average Bonchev–Trinajstić information content (AvgIpc) is 2.60. The van der Waals surface area contributed by atoms with Gasteiger partial charge in [-0.05, 0) is 43.3 Å². The number of benzene rings is 2. The van der Waals surface area contributed by atoms with Crippen LogP contribution in [0.3, 0.4) is 0 Å². The summed E-state index contributed by atoms with van der Waals surface area (Å²) in [5.41, 5.74) is 0. The molecule has 0 aliphatic rings. The highest BCUT2D eigenvalue weighted by Crippen LogP contribution is 2.21. The van der Waals surface area contributed by atoms with Crippen LogP contribution in [-0.4, -0.2) is 31.4 Å². The van der Waals surface area contributed by atoms with Gasteiger partial charge in [0.1, 0.15) is 11.5 Å². The van der Waals surface area contributed by atoms with Gasteiger partial charge in [0, 0.05) is 28.3 Å². The molecule has 1 amide bonds.